The van der Waals surface area contributed by atoms with Crippen LogP contribution in [0.4, 0.5) is 5.00 Å². The van der Waals surface area contributed by atoms with E-state index in [1.165, 1.54) is 14.0 Å². The lowest BCUT2D eigenvalue weighted by atomic mass is 9.97. The molecule has 0 bridgehead atoms. The Bertz CT molecular complexity index is 765. The fraction of sp³-hybridized carbons (Fsp3) is 0.579. The molecule has 1 saturated heterocycles. The second kappa shape index (κ2) is 9.79. The molecule has 0 aliphatic carbocycles. The Labute approximate surface area is 168 Å². The highest BCUT2D eigenvalue weighted by Gasteiger charge is 2.28. The largest absolute Gasteiger partial charge is 0.469 e. The van der Waals surface area contributed by atoms with Gasteiger partial charge in [-0.1, -0.05) is 0 Å². The van der Waals surface area contributed by atoms with Gasteiger partial charge in [0.25, 0.3) is 0 Å². The number of esters is 2. The fourth-order valence-electron chi connectivity index (χ4n) is 3.25. The van der Waals surface area contributed by atoms with Gasteiger partial charge in [0.05, 0.1) is 36.6 Å². The highest BCUT2D eigenvalue weighted by atomic mass is 32.1. The zero-order valence-corrected chi connectivity index (χ0v) is 17.4. The number of methoxy groups -OCH3 is 1. The van der Waals surface area contributed by atoms with Gasteiger partial charge in [-0.2, -0.15) is 0 Å². The molecule has 0 saturated carbocycles. The first-order valence-electron chi connectivity index (χ1n) is 9.19. The van der Waals surface area contributed by atoms with E-state index in [-0.39, 0.29) is 42.3 Å². The quantitative estimate of drug-likeness (QED) is 0.543. The predicted molar refractivity (Wildman–Crippen MR) is 105 cm³/mol. The maximum absolute atomic E-state index is 12.5. The van der Waals surface area contributed by atoms with Gasteiger partial charge in [0, 0.05) is 0 Å². The number of ketones is 1. The first-order chi connectivity index (χ1) is 13.3. The highest BCUT2D eigenvalue weighted by molar-refractivity contribution is 7.18. The minimum Gasteiger partial charge on any atom is -0.469 e. The number of Topliss-reactive ketones (excluding diaryl/α,β-unsaturated/α-hetero) is 1. The number of nitrogens with zero attached hydrogens (tertiary/aromatic N) is 1. The summed E-state index contributed by atoms with van der Waals surface area (Å²) in [6.07, 6.45) is 1.28. The first-order valence-corrected chi connectivity index (χ1v) is 10.0. The third-order valence-electron chi connectivity index (χ3n) is 4.69. The molecule has 9 heteroatoms. The molecule has 154 valence electrons. The van der Waals surface area contributed by atoms with E-state index in [0.29, 0.717) is 41.4 Å². The number of hydrogen-bond acceptors (Lipinski definition) is 8. The second-order valence-electron chi connectivity index (χ2n) is 6.66. The van der Waals surface area contributed by atoms with Crippen molar-refractivity contribution in [3.05, 3.63) is 16.0 Å². The number of piperidine rings is 1. The Balaban J connectivity index is 2.05. The minimum atomic E-state index is -0.557. The normalized spacial score (nSPS) is 15.1. The molecule has 2 rings (SSSR count). The van der Waals surface area contributed by atoms with Crippen LogP contribution in [0.3, 0.4) is 0 Å². The van der Waals surface area contributed by atoms with Gasteiger partial charge in [-0.05, 0) is 52.3 Å². The molecule has 1 aromatic heterocycles. The molecule has 0 aromatic carbocycles. The van der Waals surface area contributed by atoms with Crippen molar-refractivity contribution in [3.63, 3.8) is 0 Å². The van der Waals surface area contributed by atoms with E-state index in [1.54, 1.807) is 13.8 Å². The topological polar surface area (TPSA) is 102 Å². The highest BCUT2D eigenvalue weighted by Crippen LogP contribution is 2.34. The molecule has 8 nitrogen and oxygen atoms in total. The smallest absolute Gasteiger partial charge is 0.341 e. The van der Waals surface area contributed by atoms with Crippen LogP contribution in [0.2, 0.25) is 0 Å². The number of nitrogens with one attached hydrogen (secondary N) is 1. The van der Waals surface area contributed by atoms with Crippen molar-refractivity contribution in [1.82, 2.24) is 4.90 Å². The van der Waals surface area contributed by atoms with Gasteiger partial charge in [0.2, 0.25) is 5.91 Å². The summed E-state index contributed by atoms with van der Waals surface area (Å²) in [6, 6.07) is 0. The lowest BCUT2D eigenvalue weighted by molar-refractivity contribution is -0.147. The van der Waals surface area contributed by atoms with Crippen LogP contribution in [0.1, 0.15) is 52.3 Å². The fourth-order valence-corrected chi connectivity index (χ4v) is 4.36. The average molecular weight is 410 g/mol. The number of hydrogen-bond donors (Lipinski definition) is 1. The van der Waals surface area contributed by atoms with Crippen LogP contribution in [0.5, 0.6) is 0 Å². The third-order valence-corrected chi connectivity index (χ3v) is 6.00. The standard InChI is InChI=1S/C19H26N2O6S/c1-5-27-19(25)15-11(2)16(12(3)22)28-17(15)20-14(23)10-21-8-6-13(7-9-21)18(24)26-4/h13H,5-10H2,1-4H3,(H,20,23). The molecule has 0 unspecified atom stereocenters. The van der Waals surface area contributed by atoms with Crippen LogP contribution in [0.25, 0.3) is 0 Å². The van der Waals surface area contributed by atoms with Gasteiger partial charge in [-0.25, -0.2) is 4.79 Å². The summed E-state index contributed by atoms with van der Waals surface area (Å²) in [7, 11) is 1.38. The molecule has 2 heterocycles. The molecule has 1 aliphatic rings. The van der Waals surface area contributed by atoms with E-state index in [4.69, 9.17) is 9.47 Å². The number of anilines is 1. The van der Waals surface area contributed by atoms with Gasteiger partial charge in [-0.15, -0.1) is 11.3 Å². The second-order valence-corrected chi connectivity index (χ2v) is 7.68. The van der Waals surface area contributed by atoms with Crippen LogP contribution in [0, 0.1) is 12.8 Å². The lowest BCUT2D eigenvalue weighted by Crippen LogP contribution is -2.41. The molecule has 1 aromatic rings. The van der Waals surface area contributed by atoms with Crippen molar-refractivity contribution in [2.75, 3.05) is 38.7 Å². The van der Waals surface area contributed by atoms with Crippen LogP contribution < -0.4 is 5.32 Å². The van der Waals surface area contributed by atoms with Gasteiger partial charge in [0.15, 0.2) is 5.78 Å². The van der Waals surface area contributed by atoms with Crippen molar-refractivity contribution in [1.29, 1.82) is 0 Å². The average Bonchev–Trinajstić information content (AvgIpc) is 2.98. The third kappa shape index (κ3) is 5.17. The number of carbonyl (C=O) groups is 4. The summed E-state index contributed by atoms with van der Waals surface area (Å²) in [5.74, 6) is -1.35. The van der Waals surface area contributed by atoms with Gasteiger partial charge >= 0.3 is 11.9 Å². The predicted octanol–water partition coefficient (Wildman–Crippen LogP) is 2.26. The van der Waals surface area contributed by atoms with Crippen LogP contribution in [-0.4, -0.2) is 61.9 Å². The maximum atomic E-state index is 12.5. The van der Waals surface area contributed by atoms with E-state index in [2.05, 4.69) is 5.32 Å². The van der Waals surface area contributed by atoms with Crippen molar-refractivity contribution in [3.8, 4) is 0 Å². The summed E-state index contributed by atoms with van der Waals surface area (Å²) in [6.45, 7) is 6.36. The SMILES string of the molecule is CCOC(=O)c1c(NC(=O)CN2CCC(C(=O)OC)CC2)sc(C(C)=O)c1C. The molecule has 0 spiro atoms. The van der Waals surface area contributed by atoms with Crippen LogP contribution >= 0.6 is 11.3 Å². The Morgan fingerprint density at radius 3 is 2.39 bits per heavy atom. The van der Waals surface area contributed by atoms with E-state index >= 15 is 0 Å². The number of rotatable bonds is 7. The Hall–Kier alpha value is -2.26. The summed E-state index contributed by atoms with van der Waals surface area (Å²) >= 11 is 1.08. The van der Waals surface area contributed by atoms with E-state index < -0.39 is 5.97 Å². The van der Waals surface area contributed by atoms with Gasteiger partial charge < -0.3 is 14.8 Å². The van der Waals surface area contributed by atoms with E-state index in [1.807, 2.05) is 4.90 Å². The van der Waals surface area contributed by atoms with Crippen molar-refractivity contribution in [2.24, 2.45) is 5.92 Å². The zero-order chi connectivity index (χ0) is 20.8. The minimum absolute atomic E-state index is 0.127. The lowest BCUT2D eigenvalue weighted by Gasteiger charge is -2.29. The van der Waals surface area contributed by atoms with Crippen molar-refractivity contribution in [2.45, 2.75) is 33.6 Å². The number of amides is 1. The molecule has 1 N–H and O–H groups in total. The van der Waals surface area contributed by atoms with Gasteiger partial charge in [-0.3, -0.25) is 19.3 Å². The Morgan fingerprint density at radius 2 is 1.86 bits per heavy atom. The number of thiophene rings is 1. The molecule has 0 atom stereocenters. The number of carbonyl (C=O) groups excluding carboxylic acids is 4. The molecular weight excluding hydrogens is 384 g/mol. The maximum Gasteiger partial charge on any atom is 0.341 e. The summed E-state index contributed by atoms with van der Waals surface area (Å²) < 4.78 is 9.84. The summed E-state index contributed by atoms with van der Waals surface area (Å²) in [5, 5.41) is 3.08. The van der Waals surface area contributed by atoms with Crippen molar-refractivity contribution < 1.29 is 28.7 Å². The summed E-state index contributed by atoms with van der Waals surface area (Å²) in [4.78, 5) is 50.6. The molecule has 0 radical (unpaired) electrons. The molecule has 1 amide bonds. The Kier molecular flexibility index (Phi) is 7.70. The molecular formula is C19H26N2O6S. The molecule has 1 fully saturated rings. The van der Waals surface area contributed by atoms with E-state index in [9.17, 15) is 19.2 Å². The molecule has 28 heavy (non-hydrogen) atoms. The van der Waals surface area contributed by atoms with E-state index in [0.717, 1.165) is 11.3 Å². The number of ether oxygens (including phenoxy) is 2. The zero-order valence-electron chi connectivity index (χ0n) is 16.6. The number of likely N-dealkylation sites (tertiary alicyclic amines) is 1. The van der Waals surface area contributed by atoms with Crippen LogP contribution in [-0.2, 0) is 19.1 Å². The summed E-state index contributed by atoms with van der Waals surface area (Å²) in [5.41, 5.74) is 0.750. The van der Waals surface area contributed by atoms with Gasteiger partial charge in [0.1, 0.15) is 5.00 Å². The monoisotopic (exact) mass is 410 g/mol. The molecule has 1 aliphatic heterocycles. The van der Waals surface area contributed by atoms with Crippen molar-refractivity contribution >= 4 is 40.0 Å². The Morgan fingerprint density at radius 1 is 1.21 bits per heavy atom. The first kappa shape index (κ1) is 22.0. The van der Waals surface area contributed by atoms with Crippen LogP contribution in [0.15, 0.2) is 0 Å².